The molecule has 110 valence electrons. The lowest BCUT2D eigenvalue weighted by atomic mass is 10.3. The molecule has 1 saturated heterocycles. The number of hydrogen-bond acceptors (Lipinski definition) is 6. The highest BCUT2D eigenvalue weighted by Crippen LogP contribution is 2.37. The van der Waals surface area contributed by atoms with Gasteiger partial charge in [0.25, 0.3) is 0 Å². The van der Waals surface area contributed by atoms with Crippen LogP contribution in [0.5, 0.6) is 0 Å². The average molecular weight is 327 g/mol. The summed E-state index contributed by atoms with van der Waals surface area (Å²) in [5.74, 6) is 0. The number of ether oxygens (including phenoxy) is 1. The molecular formula is C16H13N3OS2. The third-order valence-corrected chi connectivity index (χ3v) is 5.69. The van der Waals surface area contributed by atoms with E-state index in [9.17, 15) is 0 Å². The van der Waals surface area contributed by atoms with Crippen molar-refractivity contribution in [2.45, 2.75) is 0 Å². The molecule has 0 amide bonds. The topological polar surface area (TPSA) is 60.0 Å². The maximum atomic E-state index is 8.81. The standard InChI is InChI=1S/C16H13N3OS2/c17-10-12(11-18)9-13-1-2-14(21-13)15-3-4-16(22-15)19-5-7-20-8-6-19/h1-4,9H,5-8H2. The van der Waals surface area contributed by atoms with Gasteiger partial charge in [-0.05, 0) is 30.3 Å². The quantitative estimate of drug-likeness (QED) is 0.806. The maximum Gasteiger partial charge on any atom is 0.131 e. The number of anilines is 1. The van der Waals surface area contributed by atoms with Crippen LogP contribution in [0, 0.1) is 22.7 Å². The van der Waals surface area contributed by atoms with Gasteiger partial charge in [0.05, 0.1) is 18.2 Å². The Balaban J connectivity index is 1.80. The van der Waals surface area contributed by atoms with E-state index in [1.807, 2.05) is 24.3 Å². The molecule has 2 aromatic rings. The van der Waals surface area contributed by atoms with Crippen LogP contribution in [0.2, 0.25) is 0 Å². The van der Waals surface area contributed by atoms with E-state index in [0.29, 0.717) is 0 Å². The third-order valence-electron chi connectivity index (χ3n) is 3.31. The molecule has 1 aliphatic rings. The first-order valence-electron chi connectivity index (χ1n) is 6.85. The zero-order valence-electron chi connectivity index (χ0n) is 11.8. The van der Waals surface area contributed by atoms with Crippen molar-refractivity contribution in [1.29, 1.82) is 10.5 Å². The van der Waals surface area contributed by atoms with Gasteiger partial charge in [-0.1, -0.05) is 0 Å². The van der Waals surface area contributed by atoms with Crippen LogP contribution in [0.25, 0.3) is 15.8 Å². The van der Waals surface area contributed by atoms with E-state index < -0.39 is 0 Å². The minimum absolute atomic E-state index is 0.133. The zero-order valence-corrected chi connectivity index (χ0v) is 13.4. The molecule has 22 heavy (non-hydrogen) atoms. The molecule has 4 nitrogen and oxygen atoms in total. The Labute approximate surface area is 137 Å². The summed E-state index contributed by atoms with van der Waals surface area (Å²) in [6.07, 6.45) is 1.63. The number of allylic oxidation sites excluding steroid dienone is 1. The van der Waals surface area contributed by atoms with E-state index in [0.717, 1.165) is 36.1 Å². The molecule has 0 saturated carbocycles. The number of morpholine rings is 1. The van der Waals surface area contributed by atoms with Gasteiger partial charge in [-0.15, -0.1) is 22.7 Å². The largest absolute Gasteiger partial charge is 0.378 e. The van der Waals surface area contributed by atoms with Crippen molar-refractivity contribution in [2.24, 2.45) is 0 Å². The summed E-state index contributed by atoms with van der Waals surface area (Å²) < 4.78 is 5.38. The SMILES string of the molecule is N#CC(C#N)=Cc1ccc(-c2ccc(N3CCOCC3)s2)s1. The number of rotatable bonds is 3. The van der Waals surface area contributed by atoms with E-state index in [-0.39, 0.29) is 5.57 Å². The van der Waals surface area contributed by atoms with Crippen LogP contribution in [0.15, 0.2) is 29.8 Å². The van der Waals surface area contributed by atoms with Crippen molar-refractivity contribution in [3.05, 3.63) is 34.7 Å². The predicted octanol–water partition coefficient (Wildman–Crippen LogP) is 3.74. The normalized spacial score (nSPS) is 14.2. The first-order chi connectivity index (χ1) is 10.8. The molecule has 1 aliphatic heterocycles. The predicted molar refractivity (Wildman–Crippen MR) is 89.9 cm³/mol. The second kappa shape index (κ2) is 6.76. The Morgan fingerprint density at radius 3 is 2.45 bits per heavy atom. The van der Waals surface area contributed by atoms with Gasteiger partial charge in [-0.3, -0.25) is 0 Å². The molecule has 3 heterocycles. The average Bonchev–Trinajstić information content (AvgIpc) is 3.22. The molecule has 0 unspecified atom stereocenters. The van der Waals surface area contributed by atoms with Gasteiger partial charge in [0.15, 0.2) is 0 Å². The molecule has 0 atom stereocenters. The minimum atomic E-state index is 0.133. The second-order valence-corrected chi connectivity index (χ2v) is 6.90. The maximum absolute atomic E-state index is 8.81. The summed E-state index contributed by atoms with van der Waals surface area (Å²) in [5, 5.41) is 18.9. The van der Waals surface area contributed by atoms with Crippen LogP contribution in [0.4, 0.5) is 5.00 Å². The molecule has 0 bridgehead atoms. The fourth-order valence-electron chi connectivity index (χ4n) is 2.21. The van der Waals surface area contributed by atoms with Crippen LogP contribution in [0.3, 0.4) is 0 Å². The highest BCUT2D eigenvalue weighted by Gasteiger charge is 2.14. The Morgan fingerprint density at radius 1 is 1.05 bits per heavy atom. The Kier molecular flexibility index (Phi) is 4.55. The lowest BCUT2D eigenvalue weighted by molar-refractivity contribution is 0.123. The summed E-state index contributed by atoms with van der Waals surface area (Å²) in [5.41, 5.74) is 0.133. The molecule has 0 radical (unpaired) electrons. The Morgan fingerprint density at radius 2 is 1.73 bits per heavy atom. The van der Waals surface area contributed by atoms with Crippen LogP contribution in [-0.4, -0.2) is 26.3 Å². The van der Waals surface area contributed by atoms with Crippen LogP contribution in [-0.2, 0) is 4.74 Å². The lowest BCUT2D eigenvalue weighted by Crippen LogP contribution is -2.35. The van der Waals surface area contributed by atoms with Crippen LogP contribution in [0.1, 0.15) is 4.88 Å². The van der Waals surface area contributed by atoms with Gasteiger partial charge in [0, 0.05) is 27.7 Å². The number of nitrogens with zero attached hydrogens (tertiary/aromatic N) is 3. The summed E-state index contributed by atoms with van der Waals surface area (Å²) in [6, 6.07) is 12.0. The van der Waals surface area contributed by atoms with Gasteiger partial charge in [0.1, 0.15) is 17.7 Å². The molecule has 0 N–H and O–H groups in total. The van der Waals surface area contributed by atoms with E-state index in [4.69, 9.17) is 15.3 Å². The molecule has 0 spiro atoms. The number of hydrogen-bond donors (Lipinski definition) is 0. The third kappa shape index (κ3) is 3.20. The van der Waals surface area contributed by atoms with E-state index in [1.165, 1.54) is 9.88 Å². The molecule has 0 aromatic carbocycles. The van der Waals surface area contributed by atoms with Crippen molar-refractivity contribution < 1.29 is 4.74 Å². The molecular weight excluding hydrogens is 314 g/mol. The van der Waals surface area contributed by atoms with Crippen molar-refractivity contribution >= 4 is 33.8 Å². The monoisotopic (exact) mass is 327 g/mol. The summed E-state index contributed by atoms with van der Waals surface area (Å²) >= 11 is 3.36. The fourth-order valence-corrected chi connectivity index (χ4v) is 4.31. The first kappa shape index (κ1) is 14.8. The summed E-state index contributed by atoms with van der Waals surface area (Å²) in [4.78, 5) is 5.64. The van der Waals surface area contributed by atoms with Crippen LogP contribution >= 0.6 is 22.7 Å². The smallest absolute Gasteiger partial charge is 0.131 e. The Hall–Kier alpha value is -2.12. The van der Waals surface area contributed by atoms with Gasteiger partial charge in [0.2, 0.25) is 0 Å². The molecule has 1 fully saturated rings. The van der Waals surface area contributed by atoms with Gasteiger partial charge in [-0.2, -0.15) is 10.5 Å². The van der Waals surface area contributed by atoms with Gasteiger partial charge >= 0.3 is 0 Å². The summed E-state index contributed by atoms with van der Waals surface area (Å²) in [7, 11) is 0. The minimum Gasteiger partial charge on any atom is -0.378 e. The van der Waals surface area contributed by atoms with E-state index in [2.05, 4.69) is 17.0 Å². The van der Waals surface area contributed by atoms with E-state index in [1.54, 1.807) is 28.7 Å². The molecule has 2 aromatic heterocycles. The van der Waals surface area contributed by atoms with Crippen LogP contribution < -0.4 is 4.90 Å². The van der Waals surface area contributed by atoms with E-state index >= 15 is 0 Å². The number of nitriles is 2. The highest BCUT2D eigenvalue weighted by atomic mass is 32.1. The summed E-state index contributed by atoms with van der Waals surface area (Å²) in [6.45, 7) is 3.44. The lowest BCUT2D eigenvalue weighted by Gasteiger charge is -2.27. The Bertz CT molecular complexity index is 754. The van der Waals surface area contributed by atoms with Gasteiger partial charge in [-0.25, -0.2) is 0 Å². The molecule has 6 heteroatoms. The van der Waals surface area contributed by atoms with Crippen molar-refractivity contribution in [1.82, 2.24) is 0 Å². The molecule has 0 aliphatic carbocycles. The van der Waals surface area contributed by atoms with Gasteiger partial charge < -0.3 is 9.64 Å². The highest BCUT2D eigenvalue weighted by molar-refractivity contribution is 7.24. The second-order valence-electron chi connectivity index (χ2n) is 4.72. The number of thiophene rings is 2. The fraction of sp³-hybridized carbons (Fsp3) is 0.250. The molecule has 3 rings (SSSR count). The van der Waals surface area contributed by atoms with Crippen molar-refractivity contribution in [2.75, 3.05) is 31.2 Å². The van der Waals surface area contributed by atoms with Crippen molar-refractivity contribution in [3.8, 4) is 21.9 Å². The first-order valence-corrected chi connectivity index (χ1v) is 8.48. The zero-order chi connectivity index (χ0) is 15.4. The van der Waals surface area contributed by atoms with Crippen molar-refractivity contribution in [3.63, 3.8) is 0 Å².